The molecule has 120 valence electrons. The summed E-state index contributed by atoms with van der Waals surface area (Å²) in [5, 5.41) is 3.14. The zero-order chi connectivity index (χ0) is 16.5. The highest BCUT2D eigenvalue weighted by Crippen LogP contribution is 2.31. The van der Waals surface area contributed by atoms with E-state index in [0.29, 0.717) is 0 Å². The van der Waals surface area contributed by atoms with Crippen LogP contribution in [0, 0.1) is 0 Å². The van der Waals surface area contributed by atoms with Gasteiger partial charge in [0.1, 0.15) is 5.82 Å². The van der Waals surface area contributed by atoms with Gasteiger partial charge < -0.3 is 10.3 Å². The second kappa shape index (κ2) is 6.19. The number of benzene rings is 1. The molecule has 4 aromatic rings. The van der Waals surface area contributed by atoms with E-state index in [-0.39, 0.29) is 6.04 Å². The van der Waals surface area contributed by atoms with Gasteiger partial charge in [0.25, 0.3) is 0 Å². The fraction of sp³-hybridized carbons (Fsp3) is 0.158. The minimum absolute atomic E-state index is 0.286. The maximum absolute atomic E-state index is 6.62. The molecular formula is C19H18N4S. The van der Waals surface area contributed by atoms with Gasteiger partial charge in [-0.15, -0.1) is 11.3 Å². The number of imidazole rings is 1. The lowest BCUT2D eigenvalue weighted by Gasteiger charge is -2.16. The van der Waals surface area contributed by atoms with Crippen molar-refractivity contribution in [2.24, 2.45) is 5.73 Å². The highest BCUT2D eigenvalue weighted by molar-refractivity contribution is 7.13. The molecule has 3 heterocycles. The van der Waals surface area contributed by atoms with E-state index in [0.717, 1.165) is 39.4 Å². The number of thiophene rings is 1. The average Bonchev–Trinajstić information content (AvgIpc) is 3.31. The highest BCUT2D eigenvalue weighted by atomic mass is 32.1. The van der Waals surface area contributed by atoms with Crippen LogP contribution in [0.1, 0.15) is 24.4 Å². The zero-order valence-electron chi connectivity index (χ0n) is 13.4. The molecule has 0 spiro atoms. The third-order valence-electron chi connectivity index (χ3n) is 4.22. The van der Waals surface area contributed by atoms with Crippen LogP contribution in [0.4, 0.5) is 0 Å². The lowest BCUT2D eigenvalue weighted by molar-refractivity contribution is 0.658. The third-order valence-corrected chi connectivity index (χ3v) is 5.12. The average molecular weight is 334 g/mol. The Bertz CT molecular complexity index is 972. The van der Waals surface area contributed by atoms with E-state index in [2.05, 4.69) is 40.1 Å². The van der Waals surface area contributed by atoms with Crippen LogP contribution in [-0.2, 0) is 6.54 Å². The molecule has 0 saturated carbocycles. The van der Waals surface area contributed by atoms with Gasteiger partial charge in [-0.2, -0.15) is 0 Å². The molecule has 0 aliphatic rings. The van der Waals surface area contributed by atoms with Crippen molar-refractivity contribution in [1.29, 1.82) is 0 Å². The lowest BCUT2D eigenvalue weighted by atomic mass is 10.00. The Morgan fingerprint density at radius 3 is 2.88 bits per heavy atom. The second-order valence-electron chi connectivity index (χ2n) is 5.64. The maximum atomic E-state index is 6.62. The maximum Gasteiger partial charge on any atom is 0.130 e. The third kappa shape index (κ3) is 2.52. The molecule has 0 saturated heterocycles. The Morgan fingerprint density at radius 1 is 1.21 bits per heavy atom. The summed E-state index contributed by atoms with van der Waals surface area (Å²) in [6, 6.07) is 14.1. The normalized spacial score (nSPS) is 12.6. The van der Waals surface area contributed by atoms with Gasteiger partial charge >= 0.3 is 0 Å². The molecule has 1 aromatic carbocycles. The lowest BCUT2D eigenvalue weighted by Crippen LogP contribution is -2.18. The Kier molecular flexibility index (Phi) is 3.88. The molecule has 1 unspecified atom stereocenters. The molecule has 0 aliphatic heterocycles. The second-order valence-corrected chi connectivity index (χ2v) is 6.59. The highest BCUT2D eigenvalue weighted by Gasteiger charge is 2.19. The number of pyridine rings is 1. The minimum atomic E-state index is -0.286. The summed E-state index contributed by atoms with van der Waals surface area (Å²) >= 11 is 1.69. The van der Waals surface area contributed by atoms with E-state index in [4.69, 9.17) is 10.7 Å². The fourth-order valence-corrected chi connectivity index (χ4v) is 3.70. The van der Waals surface area contributed by atoms with Gasteiger partial charge in [-0.25, -0.2) is 9.97 Å². The molecule has 4 nitrogen and oxygen atoms in total. The van der Waals surface area contributed by atoms with Crippen molar-refractivity contribution in [1.82, 2.24) is 14.5 Å². The summed E-state index contributed by atoms with van der Waals surface area (Å²) in [7, 11) is 0. The Balaban J connectivity index is 1.93. The number of hydrogen-bond donors (Lipinski definition) is 1. The van der Waals surface area contributed by atoms with Crippen molar-refractivity contribution in [3.63, 3.8) is 0 Å². The van der Waals surface area contributed by atoms with Gasteiger partial charge in [0.05, 0.1) is 22.1 Å². The first-order valence-corrected chi connectivity index (χ1v) is 8.86. The summed E-state index contributed by atoms with van der Waals surface area (Å²) in [5.41, 5.74) is 9.60. The predicted octanol–water partition coefficient (Wildman–Crippen LogP) is 4.23. The van der Waals surface area contributed by atoms with E-state index in [1.165, 1.54) is 0 Å². The number of aromatic nitrogens is 3. The van der Waals surface area contributed by atoms with Crippen molar-refractivity contribution in [2.75, 3.05) is 0 Å². The van der Waals surface area contributed by atoms with Gasteiger partial charge in [0.15, 0.2) is 0 Å². The summed E-state index contributed by atoms with van der Waals surface area (Å²) in [6.07, 6.45) is 3.78. The first kappa shape index (κ1) is 15.1. The van der Waals surface area contributed by atoms with Crippen LogP contribution in [0.2, 0.25) is 0 Å². The summed E-state index contributed by atoms with van der Waals surface area (Å²) in [6.45, 7) is 2.95. The van der Waals surface area contributed by atoms with Crippen molar-refractivity contribution in [2.45, 2.75) is 19.5 Å². The molecule has 0 radical (unpaired) electrons. The molecular weight excluding hydrogens is 316 g/mol. The first-order valence-electron chi connectivity index (χ1n) is 7.98. The van der Waals surface area contributed by atoms with Gasteiger partial charge in [0, 0.05) is 24.3 Å². The summed E-state index contributed by atoms with van der Waals surface area (Å²) < 4.78 is 2.09. The van der Waals surface area contributed by atoms with E-state index in [1.54, 1.807) is 11.3 Å². The molecule has 3 aromatic heterocycles. The number of para-hydroxylation sites is 1. The standard InChI is InChI=1S/C19H18N4S/c1-2-23-10-9-21-19(23)18(20)14-12-16(17-8-5-11-24-17)22-15-7-4-3-6-13(14)15/h3-12,18H,2,20H2,1H3. The molecule has 2 N–H and O–H groups in total. The number of rotatable bonds is 4. The topological polar surface area (TPSA) is 56.7 Å². The Morgan fingerprint density at radius 2 is 2.08 bits per heavy atom. The molecule has 4 rings (SSSR count). The first-order chi connectivity index (χ1) is 11.8. The molecule has 0 aliphatic carbocycles. The minimum Gasteiger partial charge on any atom is -0.334 e. The van der Waals surface area contributed by atoms with Gasteiger partial charge in [-0.3, -0.25) is 0 Å². The van der Waals surface area contributed by atoms with Crippen LogP contribution in [0.25, 0.3) is 21.5 Å². The van der Waals surface area contributed by atoms with Crippen LogP contribution in [0.5, 0.6) is 0 Å². The van der Waals surface area contributed by atoms with E-state index in [1.807, 2.05) is 36.7 Å². The molecule has 0 bridgehead atoms. The molecule has 1 atom stereocenters. The molecule has 0 amide bonds. The van der Waals surface area contributed by atoms with E-state index in [9.17, 15) is 0 Å². The van der Waals surface area contributed by atoms with Crippen LogP contribution in [0.3, 0.4) is 0 Å². The quantitative estimate of drug-likeness (QED) is 0.608. The Hall–Kier alpha value is -2.50. The number of nitrogens with two attached hydrogens (primary N) is 1. The number of aryl methyl sites for hydroxylation is 1. The SMILES string of the molecule is CCn1ccnc1C(N)c1cc(-c2cccs2)nc2ccccc12. The fourth-order valence-electron chi connectivity index (χ4n) is 3.02. The number of hydrogen-bond acceptors (Lipinski definition) is 4. The van der Waals surface area contributed by atoms with Gasteiger partial charge in [0.2, 0.25) is 0 Å². The van der Waals surface area contributed by atoms with Crippen LogP contribution < -0.4 is 5.73 Å². The van der Waals surface area contributed by atoms with Gasteiger partial charge in [-0.1, -0.05) is 24.3 Å². The van der Waals surface area contributed by atoms with Crippen LogP contribution in [0.15, 0.2) is 60.2 Å². The van der Waals surface area contributed by atoms with Crippen molar-refractivity contribution in [3.05, 3.63) is 71.6 Å². The monoisotopic (exact) mass is 334 g/mol. The van der Waals surface area contributed by atoms with Crippen molar-refractivity contribution >= 4 is 22.2 Å². The van der Waals surface area contributed by atoms with E-state index < -0.39 is 0 Å². The smallest absolute Gasteiger partial charge is 0.130 e. The predicted molar refractivity (Wildman–Crippen MR) is 99.0 cm³/mol. The largest absolute Gasteiger partial charge is 0.334 e. The molecule has 5 heteroatoms. The number of fused-ring (bicyclic) bond motifs is 1. The van der Waals surface area contributed by atoms with Crippen molar-refractivity contribution < 1.29 is 0 Å². The van der Waals surface area contributed by atoms with Crippen LogP contribution >= 0.6 is 11.3 Å². The summed E-state index contributed by atoms with van der Waals surface area (Å²) in [4.78, 5) is 10.4. The molecule has 0 fully saturated rings. The van der Waals surface area contributed by atoms with Crippen molar-refractivity contribution in [3.8, 4) is 10.6 Å². The Labute approximate surface area is 144 Å². The number of nitrogens with zero attached hydrogens (tertiary/aromatic N) is 3. The van der Waals surface area contributed by atoms with E-state index >= 15 is 0 Å². The molecule has 24 heavy (non-hydrogen) atoms. The zero-order valence-corrected chi connectivity index (χ0v) is 14.2. The van der Waals surface area contributed by atoms with Gasteiger partial charge in [-0.05, 0) is 36.1 Å². The summed E-state index contributed by atoms with van der Waals surface area (Å²) in [5.74, 6) is 0.881. The van der Waals surface area contributed by atoms with Crippen LogP contribution in [-0.4, -0.2) is 14.5 Å².